The molecule has 4 atom stereocenters. The summed E-state index contributed by atoms with van der Waals surface area (Å²) in [5.74, 6) is 2.12. The van der Waals surface area contributed by atoms with E-state index in [0.29, 0.717) is 16.6 Å². The monoisotopic (exact) mass is 457 g/mol. The van der Waals surface area contributed by atoms with Gasteiger partial charge in [-0.25, -0.2) is 4.57 Å². The summed E-state index contributed by atoms with van der Waals surface area (Å²) >= 11 is 0. The van der Waals surface area contributed by atoms with Crippen molar-refractivity contribution in [3.63, 3.8) is 0 Å². The Hall–Kier alpha value is -1.88. The Morgan fingerprint density at radius 2 is 2.06 bits per heavy atom. The van der Waals surface area contributed by atoms with Crippen molar-refractivity contribution in [1.29, 1.82) is 0 Å². The van der Waals surface area contributed by atoms with Crippen LogP contribution in [0.3, 0.4) is 0 Å². The van der Waals surface area contributed by atoms with E-state index in [0.717, 1.165) is 36.0 Å². The van der Waals surface area contributed by atoms with E-state index in [1.807, 2.05) is 11.6 Å². The van der Waals surface area contributed by atoms with Gasteiger partial charge in [0.15, 0.2) is 18.5 Å². The molecule has 2 aliphatic carbocycles. The number of hydrogen-bond donors (Lipinski definition) is 1. The Kier molecular flexibility index (Phi) is 7.09. The van der Waals surface area contributed by atoms with Gasteiger partial charge >= 0.3 is 5.65 Å². The number of allylic oxidation sites excluding steroid dienone is 4. The highest BCUT2D eigenvalue weighted by atomic mass is 35.5. The number of anilines is 1. The minimum atomic E-state index is 0. The fraction of sp³-hybridized carbons (Fsp3) is 0.654. The van der Waals surface area contributed by atoms with Crippen LogP contribution in [0.4, 0.5) is 5.82 Å². The van der Waals surface area contributed by atoms with Crippen molar-refractivity contribution in [2.45, 2.75) is 79.7 Å². The molecule has 0 unspecified atom stereocenters. The number of aromatic nitrogens is 4. The van der Waals surface area contributed by atoms with E-state index in [-0.39, 0.29) is 12.4 Å². The maximum absolute atomic E-state index is 6.14. The molecule has 5 nitrogen and oxygen atoms in total. The van der Waals surface area contributed by atoms with Crippen molar-refractivity contribution in [2.24, 2.45) is 29.7 Å². The molecule has 6 heteroatoms. The highest BCUT2D eigenvalue weighted by Gasteiger charge is 2.52. The maximum Gasteiger partial charge on any atom is 0.307 e. The van der Waals surface area contributed by atoms with Crippen LogP contribution < -0.4 is 22.7 Å². The fourth-order valence-corrected chi connectivity index (χ4v) is 6.53. The summed E-state index contributed by atoms with van der Waals surface area (Å²) < 4.78 is 4.17. The number of rotatable bonds is 5. The average Bonchev–Trinajstić information content (AvgIpc) is 3.07. The number of nitrogen functional groups attached to an aromatic ring is 1. The lowest BCUT2D eigenvalue weighted by Gasteiger charge is -2.58. The molecule has 1 saturated carbocycles. The van der Waals surface area contributed by atoms with E-state index in [9.17, 15) is 0 Å². The second kappa shape index (κ2) is 9.17. The first-order valence-corrected chi connectivity index (χ1v) is 11.9. The van der Waals surface area contributed by atoms with Crippen LogP contribution >= 0.6 is 0 Å². The van der Waals surface area contributed by atoms with Crippen molar-refractivity contribution >= 4 is 17.0 Å². The standard InChI is InChI=1S/C26H40N5.ClH/c1-18(12-15-31-17-30(6)24-22(31)23(27)28-16-29-24)10-13-25(4)20(3)11-14-26(5)19(2)8-7-9-21(25)26;/h8,12,16-17,20-21H,7,9-11,13-15H2,1-6H3,(H2,27,28,29);1H/q+1;/p-1/b18-12+;/t20-,21-,25+,26+;/m1./s1. The van der Waals surface area contributed by atoms with Crippen LogP contribution in [0.25, 0.3) is 11.2 Å². The molecular formula is C26H40ClN5. The molecule has 0 bridgehead atoms. The molecule has 0 saturated heterocycles. The number of nitrogens with zero attached hydrogens (tertiary/aromatic N) is 4. The lowest BCUT2D eigenvalue weighted by molar-refractivity contribution is -0.647. The fourth-order valence-electron chi connectivity index (χ4n) is 6.53. The predicted molar refractivity (Wildman–Crippen MR) is 127 cm³/mol. The minimum absolute atomic E-state index is 0. The molecule has 176 valence electrons. The Morgan fingerprint density at radius 1 is 1.31 bits per heavy atom. The molecule has 1 fully saturated rings. The molecule has 2 heterocycles. The number of halogens is 1. The van der Waals surface area contributed by atoms with Crippen molar-refractivity contribution in [3.8, 4) is 0 Å². The van der Waals surface area contributed by atoms with Gasteiger partial charge in [-0.2, -0.15) is 4.98 Å². The van der Waals surface area contributed by atoms with Gasteiger partial charge < -0.3 is 18.1 Å². The number of hydrogen-bond acceptors (Lipinski definition) is 3. The molecule has 0 amide bonds. The lowest BCUT2D eigenvalue weighted by atomic mass is 9.47. The number of aryl methyl sites for hydroxylation is 1. The molecule has 0 aromatic carbocycles. The highest BCUT2D eigenvalue weighted by Crippen LogP contribution is 2.61. The normalized spacial score (nSPS) is 30.6. The van der Waals surface area contributed by atoms with Crippen molar-refractivity contribution in [2.75, 3.05) is 5.73 Å². The van der Waals surface area contributed by atoms with Gasteiger partial charge in [-0.1, -0.05) is 49.1 Å². The molecule has 0 spiro atoms. The third-order valence-electron chi connectivity index (χ3n) is 9.05. The first kappa shape index (κ1) is 24.8. The molecule has 4 rings (SSSR count). The second-order valence-corrected chi connectivity index (χ2v) is 10.7. The van der Waals surface area contributed by atoms with Gasteiger partial charge in [0.2, 0.25) is 5.52 Å². The zero-order chi connectivity index (χ0) is 22.4. The summed E-state index contributed by atoms with van der Waals surface area (Å²) in [5.41, 5.74) is 11.8. The molecule has 32 heavy (non-hydrogen) atoms. The zero-order valence-corrected chi connectivity index (χ0v) is 21.4. The Bertz CT molecular complexity index is 1040. The third-order valence-corrected chi connectivity index (χ3v) is 9.05. The van der Waals surface area contributed by atoms with E-state index in [4.69, 9.17) is 5.73 Å². The summed E-state index contributed by atoms with van der Waals surface area (Å²) in [6.07, 6.45) is 16.2. The quantitative estimate of drug-likeness (QED) is 0.553. The predicted octanol–water partition coefficient (Wildman–Crippen LogP) is 2.37. The Labute approximate surface area is 199 Å². The summed E-state index contributed by atoms with van der Waals surface area (Å²) in [6, 6.07) is 0. The van der Waals surface area contributed by atoms with Gasteiger partial charge in [0, 0.05) is 0 Å². The smallest absolute Gasteiger partial charge is 0.307 e. The third kappa shape index (κ3) is 4.09. The van der Waals surface area contributed by atoms with Crippen LogP contribution in [0.5, 0.6) is 0 Å². The largest absolute Gasteiger partial charge is 1.00 e. The van der Waals surface area contributed by atoms with Crippen LogP contribution in [-0.4, -0.2) is 14.5 Å². The van der Waals surface area contributed by atoms with Gasteiger partial charge in [-0.05, 0) is 75.0 Å². The second-order valence-electron chi connectivity index (χ2n) is 10.7. The summed E-state index contributed by atoms with van der Waals surface area (Å²) in [7, 11) is 2.00. The van der Waals surface area contributed by atoms with Crippen LogP contribution in [-0.2, 0) is 13.6 Å². The van der Waals surface area contributed by atoms with Crippen molar-refractivity contribution < 1.29 is 17.0 Å². The SMILES string of the molecule is CC1=CCC[C@@H]2[C@@](C)(CC/C(C)=C/Cn3c[n+](C)c4ncnc(N)c43)[C@H](C)CC[C@@]12C.[Cl-]. The van der Waals surface area contributed by atoms with Gasteiger partial charge in [-0.15, -0.1) is 0 Å². The first-order valence-electron chi connectivity index (χ1n) is 11.9. The van der Waals surface area contributed by atoms with Gasteiger partial charge in [-0.3, -0.25) is 4.57 Å². The number of imidazole rings is 1. The molecule has 2 N–H and O–H groups in total. The topological polar surface area (TPSA) is 60.6 Å². The van der Waals surface area contributed by atoms with Gasteiger partial charge in [0.05, 0.1) is 13.6 Å². The zero-order valence-electron chi connectivity index (χ0n) is 20.7. The summed E-state index contributed by atoms with van der Waals surface area (Å²) in [4.78, 5) is 8.56. The highest BCUT2D eigenvalue weighted by molar-refractivity contribution is 5.79. The molecule has 2 aliphatic rings. The molecule has 0 aliphatic heterocycles. The number of fused-ring (bicyclic) bond motifs is 2. The van der Waals surface area contributed by atoms with E-state index in [2.05, 4.69) is 67.6 Å². The molecule has 0 radical (unpaired) electrons. The minimum Gasteiger partial charge on any atom is -1.00 e. The van der Waals surface area contributed by atoms with E-state index >= 15 is 0 Å². The first-order chi connectivity index (χ1) is 14.7. The van der Waals surface area contributed by atoms with Crippen LogP contribution in [0.15, 0.2) is 36.0 Å². The van der Waals surface area contributed by atoms with Crippen molar-refractivity contribution in [3.05, 3.63) is 36.0 Å². The number of nitrogens with two attached hydrogens (primary N) is 1. The van der Waals surface area contributed by atoms with E-state index in [1.165, 1.54) is 44.0 Å². The Morgan fingerprint density at radius 3 is 2.81 bits per heavy atom. The maximum atomic E-state index is 6.14. The molecule has 2 aromatic rings. The Balaban J connectivity index is 0.00000289. The van der Waals surface area contributed by atoms with Crippen LogP contribution in [0, 0.1) is 22.7 Å². The van der Waals surface area contributed by atoms with Gasteiger partial charge in [0.1, 0.15) is 0 Å². The lowest BCUT2D eigenvalue weighted by Crippen LogP contribution is -3.00. The average molecular weight is 458 g/mol. The molecular weight excluding hydrogens is 418 g/mol. The molecule has 2 aromatic heterocycles. The summed E-state index contributed by atoms with van der Waals surface area (Å²) in [5, 5.41) is 0. The van der Waals surface area contributed by atoms with Crippen LogP contribution in [0.1, 0.15) is 73.1 Å². The van der Waals surface area contributed by atoms with E-state index in [1.54, 1.807) is 5.57 Å². The van der Waals surface area contributed by atoms with Crippen LogP contribution in [0.2, 0.25) is 0 Å². The summed E-state index contributed by atoms with van der Waals surface area (Å²) in [6.45, 7) is 13.1. The van der Waals surface area contributed by atoms with E-state index < -0.39 is 0 Å². The van der Waals surface area contributed by atoms with Gasteiger partial charge in [0.25, 0.3) is 0 Å². The van der Waals surface area contributed by atoms with Crippen molar-refractivity contribution in [1.82, 2.24) is 14.5 Å².